The van der Waals surface area contributed by atoms with Gasteiger partial charge >= 0.3 is 0 Å². The Bertz CT molecular complexity index is 412. The van der Waals surface area contributed by atoms with E-state index in [1.165, 1.54) is 5.56 Å². The van der Waals surface area contributed by atoms with Crippen LogP contribution in [0.4, 0.5) is 0 Å². The molecule has 0 aliphatic rings. The summed E-state index contributed by atoms with van der Waals surface area (Å²) in [6.45, 7) is 6.95. The van der Waals surface area contributed by atoms with Gasteiger partial charge in [-0.3, -0.25) is 4.90 Å². The molecule has 0 saturated carbocycles. The zero-order chi connectivity index (χ0) is 15.8. The number of likely N-dealkylation sites (N-methyl/N-ethyl adjacent to an activating group) is 1. The Morgan fingerprint density at radius 1 is 1.33 bits per heavy atom. The van der Waals surface area contributed by atoms with E-state index in [1.807, 2.05) is 31.7 Å². The highest BCUT2D eigenvalue weighted by Gasteiger charge is 2.22. The molecule has 0 bridgehead atoms. The van der Waals surface area contributed by atoms with Crippen molar-refractivity contribution in [3.8, 4) is 5.75 Å². The van der Waals surface area contributed by atoms with Crippen molar-refractivity contribution in [1.29, 1.82) is 0 Å². The van der Waals surface area contributed by atoms with Crippen molar-refractivity contribution in [1.82, 2.24) is 4.90 Å². The Morgan fingerprint density at radius 2 is 2.05 bits per heavy atom. The Labute approximate surface area is 134 Å². The fourth-order valence-electron chi connectivity index (χ4n) is 2.58. The van der Waals surface area contributed by atoms with Gasteiger partial charge in [0.1, 0.15) is 5.75 Å². The first-order valence-electron chi connectivity index (χ1n) is 7.71. The van der Waals surface area contributed by atoms with Crippen molar-refractivity contribution in [2.24, 2.45) is 5.73 Å². The Kier molecular flexibility index (Phi) is 8.15. The minimum atomic E-state index is 0.189. The van der Waals surface area contributed by atoms with E-state index in [1.54, 1.807) is 0 Å². The van der Waals surface area contributed by atoms with Gasteiger partial charge in [0.2, 0.25) is 0 Å². The fourth-order valence-corrected chi connectivity index (χ4v) is 3.43. The van der Waals surface area contributed by atoms with Crippen LogP contribution in [0.5, 0.6) is 5.75 Å². The zero-order valence-electron chi connectivity index (χ0n) is 14.0. The number of benzene rings is 1. The monoisotopic (exact) mass is 310 g/mol. The van der Waals surface area contributed by atoms with Crippen molar-refractivity contribution >= 4 is 11.8 Å². The topological polar surface area (TPSA) is 38.5 Å². The highest BCUT2D eigenvalue weighted by Crippen LogP contribution is 2.26. The van der Waals surface area contributed by atoms with E-state index in [9.17, 15) is 0 Å². The number of rotatable bonds is 9. The molecule has 1 rings (SSSR count). The lowest BCUT2D eigenvalue weighted by molar-refractivity contribution is 0.187. The summed E-state index contributed by atoms with van der Waals surface area (Å²) < 4.78 is 5.80. The summed E-state index contributed by atoms with van der Waals surface area (Å²) >= 11 is 1.89. The van der Waals surface area contributed by atoms with Crippen LogP contribution >= 0.6 is 11.8 Å². The lowest BCUT2D eigenvalue weighted by Crippen LogP contribution is -2.39. The van der Waals surface area contributed by atoms with E-state index < -0.39 is 0 Å². The molecule has 21 heavy (non-hydrogen) atoms. The number of nitrogens with zero attached hydrogens (tertiary/aromatic N) is 1. The second-order valence-electron chi connectivity index (χ2n) is 5.67. The van der Waals surface area contributed by atoms with Crippen LogP contribution < -0.4 is 10.5 Å². The molecule has 0 spiro atoms. The third-order valence-corrected chi connectivity index (χ3v) is 4.45. The van der Waals surface area contributed by atoms with Crippen LogP contribution in [0.2, 0.25) is 0 Å². The van der Waals surface area contributed by atoms with Crippen molar-refractivity contribution in [2.45, 2.75) is 45.4 Å². The van der Waals surface area contributed by atoms with Crippen LogP contribution in [-0.4, -0.2) is 42.6 Å². The molecule has 0 radical (unpaired) electrons. The quantitative estimate of drug-likeness (QED) is 0.757. The molecule has 2 unspecified atom stereocenters. The number of ether oxygens (including phenoxy) is 1. The maximum absolute atomic E-state index is 6.06. The first kappa shape index (κ1) is 18.3. The van der Waals surface area contributed by atoms with Crippen molar-refractivity contribution in [3.05, 3.63) is 29.8 Å². The van der Waals surface area contributed by atoms with Gasteiger partial charge < -0.3 is 10.5 Å². The van der Waals surface area contributed by atoms with Crippen molar-refractivity contribution in [3.63, 3.8) is 0 Å². The Morgan fingerprint density at radius 3 is 2.57 bits per heavy atom. The van der Waals surface area contributed by atoms with Crippen LogP contribution in [0, 0.1) is 0 Å². The number of hydrogen-bond acceptors (Lipinski definition) is 4. The van der Waals surface area contributed by atoms with Crippen LogP contribution in [-0.2, 0) is 0 Å². The molecule has 120 valence electrons. The molecule has 0 aliphatic heterocycles. The van der Waals surface area contributed by atoms with E-state index in [2.05, 4.69) is 43.3 Å². The molecular formula is C17H30N2OS. The molecule has 0 saturated heterocycles. The summed E-state index contributed by atoms with van der Waals surface area (Å²) in [7, 11) is 2.18. The average Bonchev–Trinajstić information content (AvgIpc) is 2.45. The molecule has 1 aromatic carbocycles. The molecular weight excluding hydrogens is 280 g/mol. The molecule has 2 N–H and O–H groups in total. The van der Waals surface area contributed by atoms with Gasteiger partial charge in [-0.05, 0) is 51.3 Å². The van der Waals surface area contributed by atoms with Gasteiger partial charge in [0, 0.05) is 24.4 Å². The summed E-state index contributed by atoms with van der Waals surface area (Å²) in [5, 5.41) is 0. The van der Waals surface area contributed by atoms with Crippen LogP contribution in [0.15, 0.2) is 24.3 Å². The third kappa shape index (κ3) is 5.53. The zero-order valence-corrected chi connectivity index (χ0v) is 14.8. The molecule has 0 aromatic heterocycles. The van der Waals surface area contributed by atoms with Gasteiger partial charge in [-0.1, -0.05) is 19.1 Å². The van der Waals surface area contributed by atoms with Gasteiger partial charge in [0.25, 0.3) is 0 Å². The Hall–Kier alpha value is -0.710. The highest BCUT2D eigenvalue weighted by atomic mass is 32.2. The standard InChI is InChI=1S/C17H30N2OS/c1-6-15(12-21-5)19(4)17(11-18)14-8-7-9-16(10-14)20-13(2)3/h7-10,13,15,17H,6,11-12,18H2,1-5H3. The summed E-state index contributed by atoms with van der Waals surface area (Å²) in [6.07, 6.45) is 3.48. The van der Waals surface area contributed by atoms with Gasteiger partial charge in [-0.15, -0.1) is 0 Å². The molecule has 0 amide bonds. The molecule has 0 heterocycles. The summed E-state index contributed by atoms with van der Waals surface area (Å²) in [4.78, 5) is 2.41. The first-order chi connectivity index (χ1) is 10.0. The number of hydrogen-bond donors (Lipinski definition) is 1. The van der Waals surface area contributed by atoms with Crippen LogP contribution in [0.1, 0.15) is 38.8 Å². The lowest BCUT2D eigenvalue weighted by Gasteiger charge is -2.34. The highest BCUT2D eigenvalue weighted by molar-refractivity contribution is 7.98. The predicted molar refractivity (Wildman–Crippen MR) is 94.2 cm³/mol. The summed E-state index contributed by atoms with van der Waals surface area (Å²) in [6, 6.07) is 9.11. The van der Waals surface area contributed by atoms with Crippen LogP contribution in [0.25, 0.3) is 0 Å². The third-order valence-electron chi connectivity index (χ3n) is 3.74. The molecule has 0 aliphatic carbocycles. The van der Waals surface area contributed by atoms with E-state index in [-0.39, 0.29) is 12.1 Å². The molecule has 4 heteroatoms. The van der Waals surface area contributed by atoms with Gasteiger partial charge in [-0.2, -0.15) is 11.8 Å². The largest absolute Gasteiger partial charge is 0.491 e. The number of nitrogens with two attached hydrogens (primary N) is 1. The minimum Gasteiger partial charge on any atom is -0.491 e. The normalized spacial score (nSPS) is 14.5. The van der Waals surface area contributed by atoms with E-state index in [4.69, 9.17) is 10.5 Å². The summed E-state index contributed by atoms with van der Waals surface area (Å²) in [5.74, 6) is 2.05. The Balaban J connectivity index is 2.92. The second-order valence-corrected chi connectivity index (χ2v) is 6.58. The maximum Gasteiger partial charge on any atom is 0.120 e. The van der Waals surface area contributed by atoms with Gasteiger partial charge in [0.05, 0.1) is 6.10 Å². The average molecular weight is 311 g/mol. The first-order valence-corrected chi connectivity index (χ1v) is 9.10. The maximum atomic E-state index is 6.06. The van der Waals surface area contributed by atoms with Crippen LogP contribution in [0.3, 0.4) is 0 Å². The number of thioether (sulfide) groups is 1. The van der Waals surface area contributed by atoms with Crippen molar-refractivity contribution < 1.29 is 4.74 Å². The minimum absolute atomic E-state index is 0.189. The van der Waals surface area contributed by atoms with Crippen molar-refractivity contribution in [2.75, 3.05) is 25.6 Å². The molecule has 0 fully saturated rings. The van der Waals surface area contributed by atoms with E-state index >= 15 is 0 Å². The van der Waals surface area contributed by atoms with E-state index in [0.29, 0.717) is 12.6 Å². The predicted octanol–water partition coefficient (Wildman–Crippen LogP) is 3.55. The smallest absolute Gasteiger partial charge is 0.120 e. The lowest BCUT2D eigenvalue weighted by atomic mass is 10.0. The van der Waals surface area contributed by atoms with E-state index in [0.717, 1.165) is 17.9 Å². The van der Waals surface area contributed by atoms with Gasteiger partial charge in [-0.25, -0.2) is 0 Å². The molecule has 3 nitrogen and oxygen atoms in total. The fraction of sp³-hybridized carbons (Fsp3) is 0.647. The summed E-state index contributed by atoms with van der Waals surface area (Å²) in [5.41, 5.74) is 7.29. The second kappa shape index (κ2) is 9.34. The van der Waals surface area contributed by atoms with Gasteiger partial charge in [0.15, 0.2) is 0 Å². The molecule has 2 atom stereocenters. The molecule has 1 aromatic rings. The SMILES string of the molecule is CCC(CSC)N(C)C(CN)c1cccc(OC(C)C)c1.